The van der Waals surface area contributed by atoms with Gasteiger partial charge in [-0.3, -0.25) is 0 Å². The van der Waals surface area contributed by atoms with Gasteiger partial charge < -0.3 is 9.63 Å². The Balaban J connectivity index is 2.89. The number of alkyl halides is 3. The van der Waals surface area contributed by atoms with Crippen molar-refractivity contribution in [3.8, 4) is 0 Å². The molecule has 1 N–H and O–H groups in total. The van der Waals surface area contributed by atoms with E-state index in [2.05, 4.69) is 14.7 Å². The number of rotatable bonds is 2. The molecule has 0 saturated heterocycles. The van der Waals surface area contributed by atoms with Crippen LogP contribution in [-0.4, -0.2) is 21.4 Å². The molecule has 14 heavy (non-hydrogen) atoms. The molecular weight excluding hydrogens is 201 g/mol. The fraction of sp³-hybridized carbons (Fsp3) is 0.714. The largest absolute Gasteiger partial charge is 0.455 e. The molecule has 0 aromatic carbocycles. The SMILES string of the molecule is CC(O)C(C)c1nc(C(F)(F)F)no1. The molecule has 1 heterocycles. The summed E-state index contributed by atoms with van der Waals surface area (Å²) < 4.78 is 40.4. The first kappa shape index (κ1) is 11.0. The second-order valence-electron chi connectivity index (χ2n) is 2.98. The predicted octanol–water partition coefficient (Wildman–Crippen LogP) is 1.57. The van der Waals surface area contributed by atoms with Crippen molar-refractivity contribution in [2.75, 3.05) is 0 Å². The highest BCUT2D eigenvalue weighted by Gasteiger charge is 2.38. The number of hydrogen-bond acceptors (Lipinski definition) is 4. The normalized spacial score (nSPS) is 16.7. The summed E-state index contributed by atoms with van der Waals surface area (Å²) in [4.78, 5) is 3.14. The van der Waals surface area contributed by atoms with E-state index in [1.165, 1.54) is 13.8 Å². The van der Waals surface area contributed by atoms with Crippen LogP contribution in [0.5, 0.6) is 0 Å². The van der Waals surface area contributed by atoms with E-state index >= 15 is 0 Å². The molecule has 2 atom stereocenters. The van der Waals surface area contributed by atoms with Gasteiger partial charge in [-0.15, -0.1) is 0 Å². The van der Waals surface area contributed by atoms with Gasteiger partial charge in [-0.25, -0.2) is 0 Å². The topological polar surface area (TPSA) is 59.2 Å². The van der Waals surface area contributed by atoms with Crippen molar-refractivity contribution in [3.05, 3.63) is 11.7 Å². The molecule has 0 aliphatic carbocycles. The summed E-state index contributed by atoms with van der Waals surface area (Å²) in [5.74, 6) is -2.15. The number of aliphatic hydroxyl groups is 1. The van der Waals surface area contributed by atoms with Gasteiger partial charge in [0.25, 0.3) is 5.82 Å². The predicted molar refractivity (Wildman–Crippen MR) is 39.4 cm³/mol. The summed E-state index contributed by atoms with van der Waals surface area (Å²) in [5.41, 5.74) is 0. The first-order valence-corrected chi connectivity index (χ1v) is 3.91. The van der Waals surface area contributed by atoms with Crippen LogP contribution in [0.3, 0.4) is 0 Å². The van der Waals surface area contributed by atoms with E-state index in [0.717, 1.165) is 0 Å². The van der Waals surface area contributed by atoms with Crippen molar-refractivity contribution in [2.24, 2.45) is 0 Å². The Morgan fingerprint density at radius 3 is 2.29 bits per heavy atom. The van der Waals surface area contributed by atoms with Crippen molar-refractivity contribution in [3.63, 3.8) is 0 Å². The lowest BCUT2D eigenvalue weighted by Gasteiger charge is -2.08. The van der Waals surface area contributed by atoms with Crippen LogP contribution in [0, 0.1) is 0 Å². The monoisotopic (exact) mass is 210 g/mol. The fourth-order valence-corrected chi connectivity index (χ4v) is 0.742. The average molecular weight is 210 g/mol. The Hall–Kier alpha value is -1.11. The molecule has 0 amide bonds. The molecule has 1 aromatic heterocycles. The van der Waals surface area contributed by atoms with E-state index < -0.39 is 24.0 Å². The summed E-state index contributed by atoms with van der Waals surface area (Å²) in [6, 6.07) is 0. The van der Waals surface area contributed by atoms with Gasteiger partial charge in [-0.1, -0.05) is 12.1 Å². The minimum atomic E-state index is -4.61. The Morgan fingerprint density at radius 1 is 1.36 bits per heavy atom. The maximum absolute atomic E-state index is 12.0. The van der Waals surface area contributed by atoms with Gasteiger partial charge in [0.2, 0.25) is 5.89 Å². The van der Waals surface area contributed by atoms with Gasteiger partial charge in [0.1, 0.15) is 0 Å². The van der Waals surface area contributed by atoms with Crippen LogP contribution in [0.1, 0.15) is 31.5 Å². The lowest BCUT2D eigenvalue weighted by Crippen LogP contribution is -2.12. The first-order valence-electron chi connectivity index (χ1n) is 3.91. The second kappa shape index (κ2) is 3.56. The number of halogens is 3. The molecule has 0 saturated carbocycles. The van der Waals surface area contributed by atoms with E-state index in [4.69, 9.17) is 5.11 Å². The van der Waals surface area contributed by atoms with E-state index in [9.17, 15) is 13.2 Å². The van der Waals surface area contributed by atoms with Gasteiger partial charge >= 0.3 is 6.18 Å². The molecule has 0 aliphatic heterocycles. The standard InChI is InChI=1S/C7H9F3N2O2/c1-3(4(2)13)5-11-6(12-14-5)7(8,9)10/h3-4,13H,1-2H3. The maximum Gasteiger partial charge on any atom is 0.455 e. The molecule has 0 spiro atoms. The average Bonchev–Trinajstić information content (AvgIpc) is 2.49. The van der Waals surface area contributed by atoms with Crippen molar-refractivity contribution in [1.29, 1.82) is 0 Å². The van der Waals surface area contributed by atoms with E-state index in [0.29, 0.717) is 0 Å². The lowest BCUT2D eigenvalue weighted by molar-refractivity contribution is -0.146. The second-order valence-corrected chi connectivity index (χ2v) is 2.98. The molecule has 80 valence electrons. The van der Waals surface area contributed by atoms with Crippen LogP contribution in [0.4, 0.5) is 13.2 Å². The summed E-state index contributed by atoms with van der Waals surface area (Å²) in [6.07, 6.45) is -5.45. The number of hydrogen-bond donors (Lipinski definition) is 1. The number of aromatic nitrogens is 2. The maximum atomic E-state index is 12.0. The van der Waals surface area contributed by atoms with Crippen LogP contribution in [-0.2, 0) is 6.18 Å². The Labute approximate surface area is 77.7 Å². The zero-order valence-corrected chi connectivity index (χ0v) is 7.54. The zero-order valence-electron chi connectivity index (χ0n) is 7.54. The van der Waals surface area contributed by atoms with Crippen molar-refractivity contribution >= 4 is 0 Å². The van der Waals surface area contributed by atoms with Crippen LogP contribution in [0.2, 0.25) is 0 Å². The van der Waals surface area contributed by atoms with Crippen molar-refractivity contribution < 1.29 is 22.8 Å². The summed E-state index contributed by atoms with van der Waals surface area (Å²) in [7, 11) is 0. The molecule has 0 fully saturated rings. The molecular formula is C7H9F3N2O2. The number of nitrogens with zero attached hydrogens (tertiary/aromatic N) is 2. The number of aliphatic hydroxyl groups excluding tert-OH is 1. The van der Waals surface area contributed by atoms with Crippen molar-refractivity contribution in [2.45, 2.75) is 32.0 Å². The molecule has 0 bridgehead atoms. The zero-order chi connectivity index (χ0) is 10.9. The smallest absolute Gasteiger partial charge is 0.393 e. The molecule has 1 aromatic rings. The van der Waals surface area contributed by atoms with Crippen LogP contribution in [0.25, 0.3) is 0 Å². The third-order valence-electron chi connectivity index (χ3n) is 1.81. The quantitative estimate of drug-likeness (QED) is 0.804. The van der Waals surface area contributed by atoms with Gasteiger partial charge in [-0.2, -0.15) is 18.2 Å². The third-order valence-corrected chi connectivity index (χ3v) is 1.81. The van der Waals surface area contributed by atoms with Gasteiger partial charge in [0.05, 0.1) is 12.0 Å². The van der Waals surface area contributed by atoms with E-state index in [-0.39, 0.29) is 5.89 Å². The molecule has 1 rings (SSSR count). The highest BCUT2D eigenvalue weighted by Crippen LogP contribution is 2.28. The van der Waals surface area contributed by atoms with Crippen LogP contribution < -0.4 is 0 Å². The van der Waals surface area contributed by atoms with Gasteiger partial charge in [0, 0.05) is 0 Å². The highest BCUT2D eigenvalue weighted by atomic mass is 19.4. The Kier molecular flexibility index (Phi) is 2.79. The molecule has 0 radical (unpaired) electrons. The summed E-state index contributed by atoms with van der Waals surface area (Å²) in [5, 5.41) is 11.8. The Bertz CT molecular complexity index is 308. The fourth-order valence-electron chi connectivity index (χ4n) is 0.742. The molecule has 0 aliphatic rings. The first-order chi connectivity index (χ1) is 6.32. The van der Waals surface area contributed by atoms with Crippen LogP contribution in [0.15, 0.2) is 4.52 Å². The molecule has 4 nitrogen and oxygen atoms in total. The summed E-state index contributed by atoms with van der Waals surface area (Å²) in [6.45, 7) is 2.93. The minimum Gasteiger partial charge on any atom is -0.393 e. The highest BCUT2D eigenvalue weighted by molar-refractivity contribution is 4.96. The lowest BCUT2D eigenvalue weighted by atomic mass is 10.1. The van der Waals surface area contributed by atoms with Crippen molar-refractivity contribution in [1.82, 2.24) is 10.1 Å². The van der Waals surface area contributed by atoms with E-state index in [1.54, 1.807) is 0 Å². The minimum absolute atomic E-state index is 0.215. The molecule has 7 heteroatoms. The van der Waals surface area contributed by atoms with Crippen LogP contribution >= 0.6 is 0 Å². The van der Waals surface area contributed by atoms with Gasteiger partial charge in [0.15, 0.2) is 0 Å². The third kappa shape index (κ3) is 2.22. The Morgan fingerprint density at radius 2 is 1.93 bits per heavy atom. The van der Waals surface area contributed by atoms with E-state index in [1.807, 2.05) is 0 Å². The molecule has 2 unspecified atom stereocenters. The summed E-state index contributed by atoms with van der Waals surface area (Å²) >= 11 is 0. The van der Waals surface area contributed by atoms with Gasteiger partial charge in [-0.05, 0) is 6.92 Å².